The normalized spacial score (nSPS) is 21.8. The number of alkyl halides is 3. The molecule has 1 fully saturated rings. The van der Waals surface area contributed by atoms with Gasteiger partial charge in [-0.25, -0.2) is 4.79 Å². The summed E-state index contributed by atoms with van der Waals surface area (Å²) in [6.07, 6.45) is -4.65. The third-order valence-corrected chi connectivity index (χ3v) is 6.69. The minimum Gasteiger partial charge on any atom is -0.339 e. The van der Waals surface area contributed by atoms with Crippen molar-refractivity contribution in [2.75, 3.05) is 52.4 Å². The lowest BCUT2D eigenvalue weighted by Gasteiger charge is -2.34. The molecule has 1 N–H and O–H groups in total. The number of amides is 4. The zero-order valence-corrected chi connectivity index (χ0v) is 19.2. The Kier molecular flexibility index (Phi) is 6.57. The van der Waals surface area contributed by atoms with E-state index >= 15 is 0 Å². The Balaban J connectivity index is 1.61. The van der Waals surface area contributed by atoms with Gasteiger partial charge in [0.15, 0.2) is 0 Å². The summed E-state index contributed by atoms with van der Waals surface area (Å²) in [6, 6.07) is 3.10. The molecule has 184 valence electrons. The summed E-state index contributed by atoms with van der Waals surface area (Å²) in [5.74, 6) is -0.741. The molecule has 34 heavy (non-hydrogen) atoms. The highest BCUT2D eigenvalue weighted by Crippen LogP contribution is 2.41. The van der Waals surface area contributed by atoms with Crippen molar-refractivity contribution in [3.8, 4) is 0 Å². The Morgan fingerprint density at radius 1 is 1.06 bits per heavy atom. The number of benzene rings is 1. The van der Waals surface area contributed by atoms with Gasteiger partial charge in [0.25, 0.3) is 5.91 Å². The molecule has 0 aliphatic carbocycles. The Hall–Kier alpha value is -3.08. The van der Waals surface area contributed by atoms with Crippen molar-refractivity contribution in [3.63, 3.8) is 0 Å². The van der Waals surface area contributed by atoms with Gasteiger partial charge < -0.3 is 20.0 Å². The van der Waals surface area contributed by atoms with Crippen LogP contribution in [0, 0.1) is 0 Å². The molecule has 1 saturated heterocycles. The van der Waals surface area contributed by atoms with E-state index < -0.39 is 29.7 Å². The molecular weight excluding hydrogens is 451 g/mol. The SMILES string of the molecule is CCN1CCN(C(=O)CN2CC3=C(C2=O)[C@@H](c2ccccc2C(F)(F)F)NC(=O)N3CC)CC1. The number of rotatable bonds is 5. The van der Waals surface area contributed by atoms with Gasteiger partial charge >= 0.3 is 12.2 Å². The van der Waals surface area contributed by atoms with E-state index in [2.05, 4.69) is 17.1 Å². The van der Waals surface area contributed by atoms with Crippen molar-refractivity contribution < 1.29 is 27.6 Å². The first-order chi connectivity index (χ1) is 16.2. The number of urea groups is 1. The number of halogens is 3. The minimum absolute atomic E-state index is 0.000770. The lowest BCUT2D eigenvalue weighted by molar-refractivity contribution is -0.139. The zero-order valence-electron chi connectivity index (χ0n) is 19.2. The van der Waals surface area contributed by atoms with E-state index in [4.69, 9.17) is 0 Å². The van der Waals surface area contributed by atoms with Crippen LogP contribution < -0.4 is 5.32 Å². The number of carbonyl (C=O) groups excluding carboxylic acids is 3. The lowest BCUT2D eigenvalue weighted by Crippen LogP contribution is -2.51. The summed E-state index contributed by atoms with van der Waals surface area (Å²) >= 11 is 0. The Labute approximate surface area is 195 Å². The molecule has 4 rings (SSSR count). The van der Waals surface area contributed by atoms with Gasteiger partial charge in [0.2, 0.25) is 5.91 Å². The van der Waals surface area contributed by atoms with Crippen LogP contribution in [-0.4, -0.2) is 89.8 Å². The van der Waals surface area contributed by atoms with Gasteiger partial charge in [-0.2, -0.15) is 13.2 Å². The average Bonchev–Trinajstić information content (AvgIpc) is 3.13. The van der Waals surface area contributed by atoms with Crippen LogP contribution in [0.5, 0.6) is 0 Å². The molecule has 3 aliphatic heterocycles. The van der Waals surface area contributed by atoms with E-state index in [0.29, 0.717) is 18.8 Å². The molecule has 1 aromatic rings. The number of carbonyl (C=O) groups is 3. The molecule has 11 heteroatoms. The fourth-order valence-corrected chi connectivity index (χ4v) is 4.83. The number of piperazine rings is 1. The quantitative estimate of drug-likeness (QED) is 0.702. The third kappa shape index (κ3) is 4.36. The van der Waals surface area contributed by atoms with Crippen LogP contribution in [0.2, 0.25) is 0 Å². The third-order valence-electron chi connectivity index (χ3n) is 6.69. The van der Waals surface area contributed by atoms with Crippen molar-refractivity contribution in [1.29, 1.82) is 0 Å². The van der Waals surface area contributed by atoms with Crippen molar-refractivity contribution in [1.82, 2.24) is 24.9 Å². The molecule has 0 spiro atoms. The first-order valence-corrected chi connectivity index (χ1v) is 11.4. The van der Waals surface area contributed by atoms with Crippen LogP contribution in [0.15, 0.2) is 35.5 Å². The summed E-state index contributed by atoms with van der Waals surface area (Å²) in [7, 11) is 0. The first kappa shape index (κ1) is 24.1. The van der Waals surface area contributed by atoms with Gasteiger partial charge in [-0.1, -0.05) is 25.1 Å². The summed E-state index contributed by atoms with van der Waals surface area (Å²) in [4.78, 5) is 45.7. The summed E-state index contributed by atoms with van der Waals surface area (Å²) in [5, 5.41) is 2.58. The molecule has 0 bridgehead atoms. The molecule has 0 saturated carbocycles. The topological polar surface area (TPSA) is 76.2 Å². The predicted molar refractivity (Wildman–Crippen MR) is 117 cm³/mol. The van der Waals surface area contributed by atoms with Crippen LogP contribution in [0.3, 0.4) is 0 Å². The first-order valence-electron chi connectivity index (χ1n) is 11.4. The van der Waals surface area contributed by atoms with Gasteiger partial charge in [-0.3, -0.25) is 14.5 Å². The molecule has 8 nitrogen and oxygen atoms in total. The van der Waals surface area contributed by atoms with Crippen molar-refractivity contribution in [2.45, 2.75) is 26.1 Å². The standard InChI is InChI=1S/C23H28F3N5O3/c1-3-28-9-11-29(12-10-28)18(32)14-30-13-17-19(21(30)33)20(27-22(34)31(17)4-2)15-7-5-6-8-16(15)23(24,25)26/h5-8,20H,3-4,9-14H2,1-2H3,(H,27,34)/t20-/m1/s1. The van der Waals surface area contributed by atoms with Gasteiger partial charge in [0, 0.05) is 32.7 Å². The van der Waals surface area contributed by atoms with Gasteiger partial charge in [0.05, 0.1) is 29.4 Å². The Morgan fingerprint density at radius 3 is 2.35 bits per heavy atom. The van der Waals surface area contributed by atoms with E-state index in [-0.39, 0.29) is 36.7 Å². The van der Waals surface area contributed by atoms with E-state index in [0.717, 1.165) is 25.7 Å². The highest BCUT2D eigenvalue weighted by molar-refractivity contribution is 6.03. The van der Waals surface area contributed by atoms with Crippen LogP contribution in [-0.2, 0) is 15.8 Å². The highest BCUT2D eigenvalue weighted by Gasteiger charge is 2.46. The van der Waals surface area contributed by atoms with Crippen LogP contribution in [0.1, 0.15) is 31.0 Å². The maximum Gasteiger partial charge on any atom is 0.416 e. The molecule has 4 amide bonds. The van der Waals surface area contributed by atoms with Gasteiger partial charge in [-0.05, 0) is 25.1 Å². The average molecular weight is 480 g/mol. The van der Waals surface area contributed by atoms with E-state index in [1.807, 2.05) is 0 Å². The lowest BCUT2D eigenvalue weighted by atomic mass is 9.91. The summed E-state index contributed by atoms with van der Waals surface area (Å²) < 4.78 is 41.1. The summed E-state index contributed by atoms with van der Waals surface area (Å²) in [5.41, 5.74) is -0.666. The fourth-order valence-electron chi connectivity index (χ4n) is 4.83. The minimum atomic E-state index is -4.65. The number of nitrogens with one attached hydrogen (secondary N) is 1. The largest absolute Gasteiger partial charge is 0.416 e. The van der Waals surface area contributed by atoms with Crippen LogP contribution in [0.4, 0.5) is 18.0 Å². The molecule has 3 aliphatic rings. The van der Waals surface area contributed by atoms with E-state index in [9.17, 15) is 27.6 Å². The second kappa shape index (κ2) is 9.28. The monoisotopic (exact) mass is 479 g/mol. The Morgan fingerprint density at radius 2 is 1.74 bits per heavy atom. The van der Waals surface area contributed by atoms with Crippen LogP contribution in [0.25, 0.3) is 0 Å². The number of likely N-dealkylation sites (N-methyl/N-ethyl adjacent to an activating group) is 2. The second-order valence-corrected chi connectivity index (χ2v) is 8.55. The molecule has 1 aromatic carbocycles. The number of nitrogens with zero attached hydrogens (tertiary/aromatic N) is 4. The van der Waals surface area contributed by atoms with Crippen molar-refractivity contribution >= 4 is 17.8 Å². The predicted octanol–water partition coefficient (Wildman–Crippen LogP) is 2.05. The molecular formula is C23H28F3N5O3. The molecule has 0 unspecified atom stereocenters. The maximum atomic E-state index is 13.7. The molecule has 3 heterocycles. The fraction of sp³-hybridized carbons (Fsp3) is 0.522. The second-order valence-electron chi connectivity index (χ2n) is 8.55. The zero-order chi connectivity index (χ0) is 24.6. The van der Waals surface area contributed by atoms with E-state index in [1.54, 1.807) is 11.8 Å². The maximum absolute atomic E-state index is 13.7. The molecule has 0 radical (unpaired) electrons. The molecule has 1 atom stereocenters. The summed E-state index contributed by atoms with van der Waals surface area (Å²) in [6.45, 7) is 7.36. The highest BCUT2D eigenvalue weighted by atomic mass is 19.4. The van der Waals surface area contributed by atoms with E-state index in [1.165, 1.54) is 28.0 Å². The Bertz CT molecular complexity index is 1020. The number of hydrogen-bond acceptors (Lipinski definition) is 4. The van der Waals surface area contributed by atoms with Crippen LogP contribution >= 0.6 is 0 Å². The molecule has 0 aromatic heterocycles. The van der Waals surface area contributed by atoms with Gasteiger partial charge in [-0.15, -0.1) is 0 Å². The number of hydrogen-bond donors (Lipinski definition) is 1. The smallest absolute Gasteiger partial charge is 0.339 e. The van der Waals surface area contributed by atoms with Crippen molar-refractivity contribution in [2.24, 2.45) is 0 Å². The van der Waals surface area contributed by atoms with Crippen molar-refractivity contribution in [3.05, 3.63) is 46.7 Å². The van der Waals surface area contributed by atoms with Gasteiger partial charge in [0.1, 0.15) is 6.54 Å².